The Hall–Kier alpha value is -1.02. The molecule has 1 aromatic carbocycles. The lowest BCUT2D eigenvalue weighted by atomic mass is 9.86. The zero-order valence-electron chi connectivity index (χ0n) is 9.17. The SMILES string of the molecule is CC(C)(C)c1ccc(O)c(CCN)c1. The molecule has 3 N–H and O–H groups in total. The molecule has 0 saturated heterocycles. The molecule has 0 unspecified atom stereocenters. The van der Waals surface area contributed by atoms with Gasteiger partial charge in [0.1, 0.15) is 5.75 Å². The highest BCUT2D eigenvalue weighted by Gasteiger charge is 2.14. The van der Waals surface area contributed by atoms with Crippen LogP contribution >= 0.6 is 0 Å². The lowest BCUT2D eigenvalue weighted by Gasteiger charge is -2.20. The van der Waals surface area contributed by atoms with Crippen LogP contribution < -0.4 is 5.73 Å². The van der Waals surface area contributed by atoms with E-state index in [0.717, 1.165) is 12.0 Å². The molecule has 0 saturated carbocycles. The largest absolute Gasteiger partial charge is 0.508 e. The van der Waals surface area contributed by atoms with Crippen molar-refractivity contribution in [1.82, 2.24) is 0 Å². The molecule has 0 spiro atoms. The lowest BCUT2D eigenvalue weighted by Crippen LogP contribution is -2.12. The van der Waals surface area contributed by atoms with E-state index in [1.165, 1.54) is 5.56 Å². The molecule has 0 radical (unpaired) electrons. The summed E-state index contributed by atoms with van der Waals surface area (Å²) in [5.41, 5.74) is 7.78. The minimum Gasteiger partial charge on any atom is -0.508 e. The fraction of sp³-hybridized carbons (Fsp3) is 0.500. The maximum absolute atomic E-state index is 9.58. The molecular formula is C12H19NO. The molecule has 14 heavy (non-hydrogen) atoms. The number of hydrogen-bond donors (Lipinski definition) is 2. The second-order valence-electron chi connectivity index (χ2n) is 4.63. The highest BCUT2D eigenvalue weighted by molar-refractivity contribution is 5.38. The molecule has 0 heterocycles. The molecule has 0 fully saturated rings. The minimum absolute atomic E-state index is 0.122. The van der Waals surface area contributed by atoms with Gasteiger partial charge in [0.25, 0.3) is 0 Å². The number of benzene rings is 1. The van der Waals surface area contributed by atoms with Crippen molar-refractivity contribution in [3.05, 3.63) is 29.3 Å². The summed E-state index contributed by atoms with van der Waals surface area (Å²) >= 11 is 0. The van der Waals surface area contributed by atoms with E-state index in [9.17, 15) is 5.11 Å². The Morgan fingerprint density at radius 3 is 2.43 bits per heavy atom. The van der Waals surface area contributed by atoms with Crippen molar-refractivity contribution < 1.29 is 5.11 Å². The Morgan fingerprint density at radius 1 is 1.29 bits per heavy atom. The molecule has 0 aliphatic carbocycles. The molecule has 0 aliphatic heterocycles. The van der Waals surface area contributed by atoms with Crippen molar-refractivity contribution in [3.8, 4) is 5.75 Å². The first kappa shape index (κ1) is 11.1. The van der Waals surface area contributed by atoms with E-state index in [2.05, 4.69) is 20.8 Å². The predicted molar refractivity (Wildman–Crippen MR) is 59.6 cm³/mol. The number of hydrogen-bond acceptors (Lipinski definition) is 2. The van der Waals surface area contributed by atoms with Gasteiger partial charge in [0.2, 0.25) is 0 Å². The third kappa shape index (κ3) is 2.48. The summed E-state index contributed by atoms with van der Waals surface area (Å²) in [6.07, 6.45) is 0.732. The Bertz CT molecular complexity index is 313. The van der Waals surface area contributed by atoms with Gasteiger partial charge in [0, 0.05) is 0 Å². The lowest BCUT2D eigenvalue weighted by molar-refractivity contribution is 0.466. The van der Waals surface area contributed by atoms with Crippen molar-refractivity contribution in [2.45, 2.75) is 32.6 Å². The fourth-order valence-corrected chi connectivity index (χ4v) is 1.41. The smallest absolute Gasteiger partial charge is 0.118 e. The molecule has 0 aliphatic rings. The highest BCUT2D eigenvalue weighted by atomic mass is 16.3. The van der Waals surface area contributed by atoms with Crippen LogP contribution in [-0.2, 0) is 11.8 Å². The quantitative estimate of drug-likeness (QED) is 0.756. The average molecular weight is 193 g/mol. The third-order valence-corrected chi connectivity index (χ3v) is 2.36. The van der Waals surface area contributed by atoms with Gasteiger partial charge >= 0.3 is 0 Å². The van der Waals surface area contributed by atoms with Crippen molar-refractivity contribution in [3.63, 3.8) is 0 Å². The molecule has 1 rings (SSSR count). The number of nitrogens with two attached hydrogens (primary N) is 1. The Balaban J connectivity index is 3.06. The zero-order chi connectivity index (χ0) is 10.8. The molecule has 0 atom stereocenters. The molecule has 2 heteroatoms. The molecule has 0 aromatic heterocycles. The molecule has 2 nitrogen and oxygen atoms in total. The number of phenols is 1. The van der Waals surface area contributed by atoms with Gasteiger partial charge in [0.15, 0.2) is 0 Å². The number of rotatable bonds is 2. The van der Waals surface area contributed by atoms with Gasteiger partial charge in [-0.2, -0.15) is 0 Å². The average Bonchev–Trinajstić information content (AvgIpc) is 2.07. The van der Waals surface area contributed by atoms with Crippen LogP contribution in [0.4, 0.5) is 0 Å². The maximum Gasteiger partial charge on any atom is 0.118 e. The molecular weight excluding hydrogens is 174 g/mol. The van der Waals surface area contributed by atoms with E-state index in [1.807, 2.05) is 12.1 Å². The molecule has 0 bridgehead atoms. The first-order chi connectivity index (χ1) is 6.45. The van der Waals surface area contributed by atoms with E-state index >= 15 is 0 Å². The second kappa shape index (κ2) is 4.01. The molecule has 1 aromatic rings. The first-order valence-electron chi connectivity index (χ1n) is 4.97. The summed E-state index contributed by atoms with van der Waals surface area (Å²) in [4.78, 5) is 0. The van der Waals surface area contributed by atoms with Crippen molar-refractivity contribution >= 4 is 0 Å². The van der Waals surface area contributed by atoms with Crippen LogP contribution in [0.5, 0.6) is 5.75 Å². The fourth-order valence-electron chi connectivity index (χ4n) is 1.41. The van der Waals surface area contributed by atoms with E-state index in [1.54, 1.807) is 6.07 Å². The van der Waals surface area contributed by atoms with Gasteiger partial charge in [0.05, 0.1) is 0 Å². The first-order valence-corrected chi connectivity index (χ1v) is 4.97. The number of phenolic OH excluding ortho intramolecular Hbond substituents is 1. The highest BCUT2D eigenvalue weighted by Crippen LogP contribution is 2.27. The van der Waals surface area contributed by atoms with Gasteiger partial charge in [-0.3, -0.25) is 0 Å². The molecule has 78 valence electrons. The van der Waals surface area contributed by atoms with Gasteiger partial charge in [-0.15, -0.1) is 0 Å². The van der Waals surface area contributed by atoms with Crippen LogP contribution in [0.3, 0.4) is 0 Å². The predicted octanol–water partition coefficient (Wildman–Crippen LogP) is 2.19. The second-order valence-corrected chi connectivity index (χ2v) is 4.63. The topological polar surface area (TPSA) is 46.2 Å². The van der Waals surface area contributed by atoms with E-state index < -0.39 is 0 Å². The summed E-state index contributed by atoms with van der Waals surface area (Å²) in [5, 5.41) is 9.58. The van der Waals surface area contributed by atoms with Crippen molar-refractivity contribution in [2.75, 3.05) is 6.54 Å². The van der Waals surface area contributed by atoms with Gasteiger partial charge < -0.3 is 10.8 Å². The van der Waals surface area contributed by atoms with E-state index in [-0.39, 0.29) is 5.41 Å². The summed E-state index contributed by atoms with van der Waals surface area (Å²) < 4.78 is 0. The Kier molecular flexibility index (Phi) is 3.17. The normalized spacial score (nSPS) is 11.7. The Morgan fingerprint density at radius 2 is 1.93 bits per heavy atom. The summed E-state index contributed by atoms with van der Waals surface area (Å²) in [5.74, 6) is 0.350. The monoisotopic (exact) mass is 193 g/mol. The van der Waals surface area contributed by atoms with Crippen molar-refractivity contribution in [1.29, 1.82) is 0 Å². The van der Waals surface area contributed by atoms with E-state index in [4.69, 9.17) is 5.73 Å². The van der Waals surface area contributed by atoms with Crippen LogP contribution in [0.15, 0.2) is 18.2 Å². The minimum atomic E-state index is 0.122. The number of aromatic hydroxyl groups is 1. The third-order valence-electron chi connectivity index (χ3n) is 2.36. The van der Waals surface area contributed by atoms with Crippen LogP contribution in [-0.4, -0.2) is 11.7 Å². The summed E-state index contributed by atoms with van der Waals surface area (Å²) in [7, 11) is 0. The summed E-state index contributed by atoms with van der Waals surface area (Å²) in [6.45, 7) is 7.05. The van der Waals surface area contributed by atoms with Crippen molar-refractivity contribution in [2.24, 2.45) is 5.73 Å². The van der Waals surface area contributed by atoms with Crippen LogP contribution in [0.1, 0.15) is 31.9 Å². The van der Waals surface area contributed by atoms with Crippen LogP contribution in [0.25, 0.3) is 0 Å². The van der Waals surface area contributed by atoms with Crippen LogP contribution in [0.2, 0.25) is 0 Å². The van der Waals surface area contributed by atoms with Gasteiger partial charge in [-0.25, -0.2) is 0 Å². The zero-order valence-corrected chi connectivity index (χ0v) is 9.17. The Labute approximate surface area is 85.8 Å². The van der Waals surface area contributed by atoms with Crippen LogP contribution in [0, 0.1) is 0 Å². The van der Waals surface area contributed by atoms with Gasteiger partial charge in [-0.1, -0.05) is 32.9 Å². The maximum atomic E-state index is 9.58. The van der Waals surface area contributed by atoms with E-state index in [0.29, 0.717) is 12.3 Å². The molecule has 0 amide bonds. The van der Waals surface area contributed by atoms with Gasteiger partial charge in [-0.05, 0) is 35.6 Å². The summed E-state index contributed by atoms with van der Waals surface area (Å²) in [6, 6.07) is 5.77. The standard InChI is InChI=1S/C12H19NO/c1-12(2,3)10-4-5-11(14)9(8-10)6-7-13/h4-5,8,14H,6-7,13H2,1-3H3.